The number of hydrogen-bond donors (Lipinski definition) is 3. The topological polar surface area (TPSA) is 77.8 Å². The number of carboxylic acids is 1. The highest BCUT2D eigenvalue weighted by atomic mass is 16.4. The van der Waals surface area contributed by atoms with Gasteiger partial charge in [-0.1, -0.05) is 80.5 Å². The summed E-state index contributed by atoms with van der Waals surface area (Å²) in [5.74, 6) is -0.771. The lowest BCUT2D eigenvalue weighted by atomic mass is 10.1. The molecule has 0 saturated heterocycles. The van der Waals surface area contributed by atoms with Gasteiger partial charge in [-0.25, -0.2) is 0 Å². The first kappa shape index (κ1) is 24.1. The van der Waals surface area contributed by atoms with Gasteiger partial charge in [0.15, 0.2) is 0 Å². The SMILES string of the molecule is CC/C=C\C/C=C\C=C\C(O)C/C=C\C=C\C(O)CCCCCC(=O)O. The van der Waals surface area contributed by atoms with Crippen molar-refractivity contribution in [2.75, 3.05) is 0 Å². The minimum absolute atomic E-state index is 0.192. The van der Waals surface area contributed by atoms with Gasteiger partial charge in [-0.2, -0.15) is 0 Å². The Balaban J connectivity index is 3.80. The number of allylic oxidation sites excluding steroid dienone is 7. The number of aliphatic hydroxyl groups excluding tert-OH is 2. The summed E-state index contributed by atoms with van der Waals surface area (Å²) < 4.78 is 0. The van der Waals surface area contributed by atoms with Crippen molar-refractivity contribution in [1.82, 2.24) is 0 Å². The Morgan fingerprint density at radius 2 is 1.54 bits per heavy atom. The molecule has 26 heavy (non-hydrogen) atoms. The molecular weight excluding hydrogens is 328 g/mol. The van der Waals surface area contributed by atoms with Crippen molar-refractivity contribution in [2.24, 2.45) is 0 Å². The van der Waals surface area contributed by atoms with Gasteiger partial charge in [0.1, 0.15) is 0 Å². The van der Waals surface area contributed by atoms with E-state index < -0.39 is 18.2 Å². The largest absolute Gasteiger partial charge is 0.481 e. The van der Waals surface area contributed by atoms with Crippen LogP contribution in [0.15, 0.2) is 60.8 Å². The molecular formula is C22H34O4. The fourth-order valence-electron chi connectivity index (χ4n) is 2.16. The Bertz CT molecular complexity index is 486. The monoisotopic (exact) mass is 362 g/mol. The molecule has 0 amide bonds. The van der Waals surface area contributed by atoms with Crippen LogP contribution >= 0.6 is 0 Å². The van der Waals surface area contributed by atoms with Gasteiger partial charge in [0.25, 0.3) is 0 Å². The predicted molar refractivity (Wildman–Crippen MR) is 108 cm³/mol. The highest BCUT2D eigenvalue weighted by Gasteiger charge is 2.00. The Morgan fingerprint density at radius 1 is 0.846 bits per heavy atom. The van der Waals surface area contributed by atoms with Gasteiger partial charge in [-0.15, -0.1) is 0 Å². The van der Waals surface area contributed by atoms with Crippen molar-refractivity contribution in [3.8, 4) is 0 Å². The van der Waals surface area contributed by atoms with Gasteiger partial charge in [-0.05, 0) is 32.1 Å². The minimum atomic E-state index is -0.771. The van der Waals surface area contributed by atoms with Crippen LogP contribution in [0.1, 0.15) is 58.3 Å². The van der Waals surface area contributed by atoms with E-state index in [1.165, 1.54) is 0 Å². The molecule has 4 heteroatoms. The number of carbonyl (C=O) groups is 1. The smallest absolute Gasteiger partial charge is 0.303 e. The number of aliphatic hydroxyl groups is 2. The van der Waals surface area contributed by atoms with Gasteiger partial charge in [0.05, 0.1) is 12.2 Å². The summed E-state index contributed by atoms with van der Waals surface area (Å²) in [7, 11) is 0. The maximum Gasteiger partial charge on any atom is 0.303 e. The van der Waals surface area contributed by atoms with Crippen LogP contribution in [0.4, 0.5) is 0 Å². The lowest BCUT2D eigenvalue weighted by Crippen LogP contribution is -2.02. The van der Waals surface area contributed by atoms with E-state index in [1.54, 1.807) is 18.2 Å². The zero-order chi connectivity index (χ0) is 19.5. The molecule has 0 fully saturated rings. The maximum absolute atomic E-state index is 10.4. The summed E-state index contributed by atoms with van der Waals surface area (Å²) in [6, 6.07) is 0. The summed E-state index contributed by atoms with van der Waals surface area (Å²) in [5, 5.41) is 28.1. The quantitative estimate of drug-likeness (QED) is 0.224. The van der Waals surface area contributed by atoms with Crippen molar-refractivity contribution in [3.63, 3.8) is 0 Å². The summed E-state index contributed by atoms with van der Waals surface area (Å²) in [6.45, 7) is 2.10. The maximum atomic E-state index is 10.4. The van der Waals surface area contributed by atoms with Crippen LogP contribution in [0.5, 0.6) is 0 Å². The lowest BCUT2D eigenvalue weighted by Gasteiger charge is -2.04. The van der Waals surface area contributed by atoms with Gasteiger partial charge in [0, 0.05) is 6.42 Å². The second-order valence-corrected chi connectivity index (χ2v) is 6.10. The number of rotatable bonds is 15. The highest BCUT2D eigenvalue weighted by Crippen LogP contribution is 2.07. The van der Waals surface area contributed by atoms with Gasteiger partial charge in [0.2, 0.25) is 0 Å². The van der Waals surface area contributed by atoms with Crippen LogP contribution in [-0.4, -0.2) is 33.5 Å². The van der Waals surface area contributed by atoms with Crippen LogP contribution in [0.25, 0.3) is 0 Å². The van der Waals surface area contributed by atoms with Crippen molar-refractivity contribution >= 4 is 5.97 Å². The number of carboxylic acid groups (broad SMARTS) is 1. The summed E-state index contributed by atoms with van der Waals surface area (Å²) >= 11 is 0. The Kier molecular flexibility index (Phi) is 16.6. The van der Waals surface area contributed by atoms with Gasteiger partial charge >= 0.3 is 5.97 Å². The fraction of sp³-hybridized carbons (Fsp3) is 0.500. The third-order valence-corrected chi connectivity index (χ3v) is 3.60. The van der Waals surface area contributed by atoms with E-state index in [0.29, 0.717) is 19.3 Å². The molecule has 0 aliphatic heterocycles. The zero-order valence-corrected chi connectivity index (χ0v) is 15.8. The molecule has 0 spiro atoms. The molecule has 0 aliphatic rings. The van der Waals surface area contributed by atoms with Crippen LogP contribution < -0.4 is 0 Å². The molecule has 0 heterocycles. The van der Waals surface area contributed by atoms with E-state index in [2.05, 4.69) is 19.1 Å². The molecule has 2 atom stereocenters. The minimum Gasteiger partial charge on any atom is -0.481 e. The molecule has 146 valence electrons. The Morgan fingerprint density at radius 3 is 2.23 bits per heavy atom. The first-order valence-electron chi connectivity index (χ1n) is 9.45. The molecule has 0 aliphatic carbocycles. The second kappa shape index (κ2) is 17.9. The average Bonchev–Trinajstić information content (AvgIpc) is 2.60. The summed E-state index contributed by atoms with van der Waals surface area (Å²) in [4.78, 5) is 10.4. The molecule has 4 nitrogen and oxygen atoms in total. The molecule has 0 bridgehead atoms. The normalized spacial score (nSPS) is 15.2. The van der Waals surface area contributed by atoms with Gasteiger partial charge in [-0.3, -0.25) is 4.79 Å². The van der Waals surface area contributed by atoms with E-state index >= 15 is 0 Å². The van der Waals surface area contributed by atoms with Crippen LogP contribution in [0.2, 0.25) is 0 Å². The summed E-state index contributed by atoms with van der Waals surface area (Å²) in [5.41, 5.74) is 0. The van der Waals surface area contributed by atoms with Crippen LogP contribution in [0, 0.1) is 0 Å². The molecule has 0 aromatic rings. The standard InChI is InChI=1S/C22H34O4/c1-2-3-4-5-6-7-10-15-20(23)16-11-8-12-17-21(24)18-13-9-14-19-22(25)26/h3-4,6-8,10-12,15,17,20-21,23-24H,2,5,9,13-14,16,18-19H2,1H3,(H,25,26)/b4-3-,7-6-,11-8-,15-10+,17-12+. The zero-order valence-electron chi connectivity index (χ0n) is 15.8. The predicted octanol–water partition coefficient (Wildman–Crippen LogP) is 4.71. The van der Waals surface area contributed by atoms with Crippen molar-refractivity contribution in [3.05, 3.63) is 60.8 Å². The fourth-order valence-corrected chi connectivity index (χ4v) is 2.16. The van der Waals surface area contributed by atoms with Crippen molar-refractivity contribution in [1.29, 1.82) is 0 Å². The Hall–Kier alpha value is -1.91. The van der Waals surface area contributed by atoms with Crippen molar-refractivity contribution in [2.45, 2.75) is 70.5 Å². The first-order chi connectivity index (χ1) is 12.6. The molecule has 0 aromatic carbocycles. The number of unbranched alkanes of at least 4 members (excludes halogenated alkanes) is 2. The first-order valence-corrected chi connectivity index (χ1v) is 9.45. The van der Waals surface area contributed by atoms with Crippen molar-refractivity contribution < 1.29 is 20.1 Å². The molecule has 0 saturated carbocycles. The molecule has 0 rings (SSSR count). The molecule has 0 aromatic heterocycles. The lowest BCUT2D eigenvalue weighted by molar-refractivity contribution is -0.137. The van der Waals surface area contributed by atoms with E-state index in [9.17, 15) is 15.0 Å². The third kappa shape index (κ3) is 18.4. The van der Waals surface area contributed by atoms with E-state index in [-0.39, 0.29) is 6.42 Å². The second-order valence-electron chi connectivity index (χ2n) is 6.10. The number of hydrogen-bond acceptors (Lipinski definition) is 3. The van der Waals surface area contributed by atoms with E-state index in [1.807, 2.05) is 30.4 Å². The highest BCUT2D eigenvalue weighted by molar-refractivity contribution is 5.66. The molecule has 3 N–H and O–H groups in total. The number of aliphatic carboxylic acids is 1. The van der Waals surface area contributed by atoms with E-state index in [4.69, 9.17) is 5.11 Å². The average molecular weight is 363 g/mol. The molecule has 0 radical (unpaired) electrons. The van der Waals surface area contributed by atoms with Crippen LogP contribution in [-0.2, 0) is 4.79 Å². The van der Waals surface area contributed by atoms with E-state index in [0.717, 1.165) is 25.7 Å². The third-order valence-electron chi connectivity index (χ3n) is 3.60. The summed E-state index contributed by atoms with van der Waals surface area (Å²) in [6.07, 6.45) is 23.5. The van der Waals surface area contributed by atoms with Crippen LogP contribution in [0.3, 0.4) is 0 Å². The molecule has 2 unspecified atom stereocenters. The van der Waals surface area contributed by atoms with Gasteiger partial charge < -0.3 is 15.3 Å². The Labute approximate surface area is 157 Å².